The molecule has 4 heteroatoms. The summed E-state index contributed by atoms with van der Waals surface area (Å²) >= 11 is 0. The fraction of sp³-hybridized carbons (Fsp3) is 0.217. The Hall–Kier alpha value is -3.14. The average molecular weight is 357 g/mol. The van der Waals surface area contributed by atoms with Gasteiger partial charge in [0, 0.05) is 35.1 Å². The van der Waals surface area contributed by atoms with Gasteiger partial charge < -0.3 is 9.88 Å². The molecule has 2 aromatic carbocycles. The molecule has 1 N–H and O–H groups in total. The van der Waals surface area contributed by atoms with Crippen LogP contribution in [0.1, 0.15) is 27.2 Å². The molecule has 4 aromatic rings. The molecule has 136 valence electrons. The molecule has 4 rings (SSSR count). The summed E-state index contributed by atoms with van der Waals surface area (Å²) in [5.41, 5.74) is 6.21. The van der Waals surface area contributed by atoms with E-state index in [4.69, 9.17) is 4.98 Å². The second-order valence-corrected chi connectivity index (χ2v) is 7.07. The number of pyridine rings is 1. The van der Waals surface area contributed by atoms with Crippen molar-refractivity contribution in [1.29, 1.82) is 0 Å². The Bertz CT molecular complexity index is 1140. The van der Waals surface area contributed by atoms with Crippen LogP contribution in [0.4, 0.5) is 0 Å². The maximum Gasteiger partial charge on any atom is 0.251 e. The maximum absolute atomic E-state index is 12.4. The minimum atomic E-state index is -0.0453. The predicted octanol–water partition coefficient (Wildman–Crippen LogP) is 4.54. The SMILES string of the molecule is Cc1ccc(C(=O)NCCn2c3ccccc3c3c(C)cc(C)nc32)cc1. The van der Waals surface area contributed by atoms with Gasteiger partial charge in [0.1, 0.15) is 5.65 Å². The van der Waals surface area contributed by atoms with E-state index in [2.05, 4.69) is 41.1 Å². The van der Waals surface area contributed by atoms with E-state index in [1.807, 2.05) is 44.2 Å². The largest absolute Gasteiger partial charge is 0.350 e. The second kappa shape index (κ2) is 6.88. The van der Waals surface area contributed by atoms with E-state index in [-0.39, 0.29) is 5.91 Å². The van der Waals surface area contributed by atoms with Crippen molar-refractivity contribution < 1.29 is 4.79 Å². The number of nitrogens with one attached hydrogen (secondary N) is 1. The number of carbonyl (C=O) groups excluding carboxylic acids is 1. The third kappa shape index (κ3) is 3.19. The van der Waals surface area contributed by atoms with E-state index in [1.165, 1.54) is 16.3 Å². The summed E-state index contributed by atoms with van der Waals surface area (Å²) in [4.78, 5) is 17.2. The van der Waals surface area contributed by atoms with Crippen molar-refractivity contribution in [3.63, 3.8) is 0 Å². The number of fused-ring (bicyclic) bond motifs is 3. The summed E-state index contributed by atoms with van der Waals surface area (Å²) in [6.45, 7) is 7.40. The third-order valence-electron chi connectivity index (χ3n) is 4.98. The normalized spacial score (nSPS) is 11.2. The number of hydrogen-bond acceptors (Lipinski definition) is 2. The molecular formula is C23H23N3O. The number of benzene rings is 2. The van der Waals surface area contributed by atoms with E-state index >= 15 is 0 Å². The van der Waals surface area contributed by atoms with Gasteiger partial charge in [0.2, 0.25) is 0 Å². The van der Waals surface area contributed by atoms with Gasteiger partial charge in [-0.3, -0.25) is 4.79 Å². The average Bonchev–Trinajstić information content (AvgIpc) is 2.96. The summed E-state index contributed by atoms with van der Waals surface area (Å²) in [6.07, 6.45) is 0. The van der Waals surface area contributed by atoms with Crippen molar-refractivity contribution in [3.05, 3.63) is 77.0 Å². The Labute approximate surface area is 158 Å². The lowest BCUT2D eigenvalue weighted by molar-refractivity contribution is 0.0952. The lowest BCUT2D eigenvalue weighted by atomic mass is 10.1. The molecular weight excluding hydrogens is 334 g/mol. The number of amides is 1. The summed E-state index contributed by atoms with van der Waals surface area (Å²) in [6, 6.07) is 18.1. The van der Waals surface area contributed by atoms with E-state index in [1.54, 1.807) is 0 Å². The zero-order valence-electron chi connectivity index (χ0n) is 15.9. The molecule has 1 amide bonds. The summed E-state index contributed by atoms with van der Waals surface area (Å²) in [7, 11) is 0. The molecule has 0 spiro atoms. The van der Waals surface area contributed by atoms with Gasteiger partial charge >= 0.3 is 0 Å². The number of rotatable bonds is 4. The molecule has 2 aromatic heterocycles. The predicted molar refractivity (Wildman–Crippen MR) is 110 cm³/mol. The number of nitrogens with zero attached hydrogens (tertiary/aromatic N) is 2. The molecule has 0 radical (unpaired) electrons. The summed E-state index contributed by atoms with van der Waals surface area (Å²) < 4.78 is 2.21. The van der Waals surface area contributed by atoms with Crippen molar-refractivity contribution in [2.45, 2.75) is 27.3 Å². The van der Waals surface area contributed by atoms with Crippen LogP contribution in [0.2, 0.25) is 0 Å². The van der Waals surface area contributed by atoms with Crippen LogP contribution in [0.5, 0.6) is 0 Å². The van der Waals surface area contributed by atoms with Crippen LogP contribution in [0, 0.1) is 20.8 Å². The molecule has 0 saturated heterocycles. The van der Waals surface area contributed by atoms with Crippen LogP contribution >= 0.6 is 0 Å². The van der Waals surface area contributed by atoms with Crippen molar-refractivity contribution in [2.24, 2.45) is 0 Å². The van der Waals surface area contributed by atoms with Crippen LogP contribution in [0.3, 0.4) is 0 Å². The highest BCUT2D eigenvalue weighted by atomic mass is 16.1. The Morgan fingerprint density at radius 2 is 1.78 bits per heavy atom. The van der Waals surface area contributed by atoms with Crippen molar-refractivity contribution in [2.75, 3.05) is 6.54 Å². The van der Waals surface area contributed by atoms with Crippen molar-refractivity contribution in [1.82, 2.24) is 14.9 Å². The third-order valence-corrected chi connectivity index (χ3v) is 4.98. The molecule has 4 nitrogen and oxygen atoms in total. The van der Waals surface area contributed by atoms with Crippen LogP contribution in [0.25, 0.3) is 21.9 Å². The van der Waals surface area contributed by atoms with Gasteiger partial charge in [-0.15, -0.1) is 0 Å². The lowest BCUT2D eigenvalue weighted by Crippen LogP contribution is -2.27. The van der Waals surface area contributed by atoms with Gasteiger partial charge in [-0.1, -0.05) is 35.9 Å². The molecule has 0 saturated carbocycles. The fourth-order valence-corrected chi connectivity index (χ4v) is 3.69. The van der Waals surface area contributed by atoms with Gasteiger partial charge in [0.25, 0.3) is 5.91 Å². The van der Waals surface area contributed by atoms with Crippen LogP contribution in [0.15, 0.2) is 54.6 Å². The van der Waals surface area contributed by atoms with Crippen molar-refractivity contribution in [3.8, 4) is 0 Å². The minimum absolute atomic E-state index is 0.0453. The number of aromatic nitrogens is 2. The molecule has 27 heavy (non-hydrogen) atoms. The Morgan fingerprint density at radius 1 is 1.04 bits per heavy atom. The lowest BCUT2D eigenvalue weighted by Gasteiger charge is -2.09. The van der Waals surface area contributed by atoms with Gasteiger partial charge in [0.05, 0.1) is 5.52 Å². The van der Waals surface area contributed by atoms with Crippen molar-refractivity contribution >= 4 is 27.8 Å². The highest BCUT2D eigenvalue weighted by Gasteiger charge is 2.14. The number of carbonyl (C=O) groups is 1. The van der Waals surface area contributed by atoms with Gasteiger partial charge in [-0.25, -0.2) is 4.98 Å². The molecule has 0 unspecified atom stereocenters. The minimum Gasteiger partial charge on any atom is -0.350 e. The van der Waals surface area contributed by atoms with E-state index in [0.717, 1.165) is 22.4 Å². The maximum atomic E-state index is 12.4. The first-order valence-corrected chi connectivity index (χ1v) is 9.24. The number of para-hydroxylation sites is 1. The quantitative estimate of drug-likeness (QED) is 0.583. The molecule has 2 heterocycles. The molecule has 0 aliphatic carbocycles. The van der Waals surface area contributed by atoms with Crippen LogP contribution < -0.4 is 5.32 Å². The first kappa shape index (κ1) is 17.3. The standard InChI is InChI=1S/C23H23N3O/c1-15-8-10-18(11-9-15)23(27)24-12-13-26-20-7-5-4-6-19(20)21-16(2)14-17(3)25-22(21)26/h4-11,14H,12-13H2,1-3H3,(H,24,27). The second-order valence-electron chi connectivity index (χ2n) is 7.07. The topological polar surface area (TPSA) is 46.9 Å². The van der Waals surface area contributed by atoms with Crippen LogP contribution in [-0.4, -0.2) is 22.0 Å². The molecule has 0 atom stereocenters. The van der Waals surface area contributed by atoms with Crippen LogP contribution in [-0.2, 0) is 6.54 Å². The zero-order chi connectivity index (χ0) is 19.0. The molecule has 0 aliphatic heterocycles. The monoisotopic (exact) mass is 357 g/mol. The first-order valence-electron chi connectivity index (χ1n) is 9.24. The molecule has 0 fully saturated rings. The first-order chi connectivity index (χ1) is 13.0. The van der Waals surface area contributed by atoms with Gasteiger partial charge in [-0.05, 0) is 50.6 Å². The molecule has 0 aliphatic rings. The van der Waals surface area contributed by atoms with Gasteiger partial charge in [-0.2, -0.15) is 0 Å². The highest BCUT2D eigenvalue weighted by Crippen LogP contribution is 2.30. The number of hydrogen-bond donors (Lipinski definition) is 1. The Morgan fingerprint density at radius 3 is 2.56 bits per heavy atom. The van der Waals surface area contributed by atoms with Gasteiger partial charge in [0.15, 0.2) is 0 Å². The zero-order valence-corrected chi connectivity index (χ0v) is 15.9. The Kier molecular flexibility index (Phi) is 4.40. The summed E-state index contributed by atoms with van der Waals surface area (Å²) in [5.74, 6) is -0.0453. The fourth-order valence-electron chi connectivity index (χ4n) is 3.69. The summed E-state index contributed by atoms with van der Waals surface area (Å²) in [5, 5.41) is 5.43. The highest BCUT2D eigenvalue weighted by molar-refractivity contribution is 6.08. The molecule has 0 bridgehead atoms. The number of aryl methyl sites for hydroxylation is 3. The van der Waals surface area contributed by atoms with E-state index in [9.17, 15) is 4.79 Å². The van der Waals surface area contributed by atoms with E-state index in [0.29, 0.717) is 18.7 Å². The van der Waals surface area contributed by atoms with E-state index < -0.39 is 0 Å². The smallest absolute Gasteiger partial charge is 0.251 e. The Balaban J connectivity index is 1.63.